The van der Waals surface area contributed by atoms with E-state index in [2.05, 4.69) is 10.5 Å². The molecule has 184 valence electrons. The number of carbonyl (C=O) groups is 1. The first-order valence-electron chi connectivity index (χ1n) is 11.3. The Bertz CT molecular complexity index is 1640. The van der Waals surface area contributed by atoms with E-state index in [1.165, 1.54) is 25.5 Å². The van der Waals surface area contributed by atoms with Crippen LogP contribution >= 0.6 is 0 Å². The summed E-state index contributed by atoms with van der Waals surface area (Å²) in [5.41, 5.74) is 4.45. The Morgan fingerprint density at radius 3 is 2.57 bits per heavy atom. The highest BCUT2D eigenvalue weighted by molar-refractivity contribution is 6.03. The fraction of sp³-hybridized carbons (Fsp3) is 0.0714. The molecule has 0 bridgehead atoms. The number of nitro groups is 1. The quantitative estimate of drug-likeness (QED) is 0.164. The molecule has 4 aromatic carbocycles. The third-order valence-corrected chi connectivity index (χ3v) is 5.78. The fourth-order valence-electron chi connectivity index (χ4n) is 3.93. The third kappa shape index (κ3) is 4.96. The minimum atomic E-state index is -0.511. The summed E-state index contributed by atoms with van der Waals surface area (Å²) in [5.74, 6) is 0.668. The topological polar surface area (TPSA) is 116 Å². The van der Waals surface area contributed by atoms with Gasteiger partial charge in [0, 0.05) is 23.1 Å². The zero-order valence-electron chi connectivity index (χ0n) is 19.7. The van der Waals surface area contributed by atoms with Gasteiger partial charge in [-0.1, -0.05) is 42.5 Å². The van der Waals surface area contributed by atoms with Crippen molar-refractivity contribution in [1.82, 2.24) is 5.43 Å². The SMILES string of the molecule is COc1cccc2cc(C(=O)N/N=C\c3c(OCc4ccc([N+](=O)[O-])cc4)ccc4ccccc34)oc12. The van der Waals surface area contributed by atoms with Crippen molar-refractivity contribution in [2.45, 2.75) is 6.61 Å². The molecule has 0 aliphatic heterocycles. The number of hydrogen-bond donors (Lipinski definition) is 1. The number of amides is 1. The van der Waals surface area contributed by atoms with Crippen molar-refractivity contribution in [3.63, 3.8) is 0 Å². The summed E-state index contributed by atoms with van der Waals surface area (Å²) in [7, 11) is 1.53. The van der Waals surface area contributed by atoms with E-state index < -0.39 is 10.8 Å². The minimum absolute atomic E-state index is 0.0147. The normalized spacial score (nSPS) is 11.2. The predicted molar refractivity (Wildman–Crippen MR) is 139 cm³/mol. The molecule has 0 unspecified atom stereocenters. The monoisotopic (exact) mass is 495 g/mol. The number of nitro benzene ring substituents is 1. The van der Waals surface area contributed by atoms with Crippen LogP contribution in [-0.2, 0) is 6.61 Å². The summed E-state index contributed by atoms with van der Waals surface area (Å²) in [6, 6.07) is 24.7. The van der Waals surface area contributed by atoms with Crippen LogP contribution < -0.4 is 14.9 Å². The van der Waals surface area contributed by atoms with E-state index >= 15 is 0 Å². The van der Waals surface area contributed by atoms with Crippen LogP contribution in [0.3, 0.4) is 0 Å². The van der Waals surface area contributed by atoms with Crippen molar-refractivity contribution >= 4 is 39.6 Å². The smallest absolute Gasteiger partial charge is 0.307 e. The first kappa shape index (κ1) is 23.6. The second-order valence-corrected chi connectivity index (χ2v) is 8.10. The molecule has 1 N–H and O–H groups in total. The third-order valence-electron chi connectivity index (χ3n) is 5.78. The van der Waals surface area contributed by atoms with E-state index in [1.807, 2.05) is 48.5 Å². The van der Waals surface area contributed by atoms with Crippen LogP contribution in [0.4, 0.5) is 5.69 Å². The number of para-hydroxylation sites is 1. The van der Waals surface area contributed by atoms with Crippen LogP contribution in [0.1, 0.15) is 21.7 Å². The Morgan fingerprint density at radius 1 is 1.00 bits per heavy atom. The number of nitrogens with one attached hydrogen (secondary N) is 1. The number of rotatable bonds is 8. The summed E-state index contributed by atoms with van der Waals surface area (Å²) in [6.07, 6.45) is 1.52. The Balaban J connectivity index is 1.37. The molecule has 5 aromatic rings. The van der Waals surface area contributed by atoms with Gasteiger partial charge >= 0.3 is 5.91 Å². The number of carbonyl (C=O) groups excluding carboxylic acids is 1. The van der Waals surface area contributed by atoms with Crippen molar-refractivity contribution < 1.29 is 23.6 Å². The van der Waals surface area contributed by atoms with E-state index in [0.717, 1.165) is 21.7 Å². The molecule has 37 heavy (non-hydrogen) atoms. The average Bonchev–Trinajstić information content (AvgIpc) is 3.37. The van der Waals surface area contributed by atoms with Gasteiger partial charge in [-0.2, -0.15) is 5.10 Å². The summed E-state index contributed by atoms with van der Waals surface area (Å²) >= 11 is 0. The second-order valence-electron chi connectivity index (χ2n) is 8.10. The lowest BCUT2D eigenvalue weighted by Gasteiger charge is -2.12. The fourth-order valence-corrected chi connectivity index (χ4v) is 3.93. The van der Waals surface area contributed by atoms with Crippen LogP contribution in [0.2, 0.25) is 0 Å². The molecule has 0 spiro atoms. The van der Waals surface area contributed by atoms with E-state index in [1.54, 1.807) is 24.3 Å². The molecule has 1 aromatic heterocycles. The van der Waals surface area contributed by atoms with Gasteiger partial charge in [-0.15, -0.1) is 0 Å². The Morgan fingerprint density at radius 2 is 1.78 bits per heavy atom. The van der Waals surface area contributed by atoms with Gasteiger partial charge in [0.1, 0.15) is 12.4 Å². The highest BCUT2D eigenvalue weighted by Gasteiger charge is 2.15. The van der Waals surface area contributed by atoms with Gasteiger partial charge in [-0.25, -0.2) is 5.43 Å². The van der Waals surface area contributed by atoms with Gasteiger partial charge in [-0.05, 0) is 46.7 Å². The lowest BCUT2D eigenvalue weighted by Crippen LogP contribution is -2.16. The van der Waals surface area contributed by atoms with E-state index in [0.29, 0.717) is 22.6 Å². The van der Waals surface area contributed by atoms with Crippen molar-refractivity contribution in [2.75, 3.05) is 7.11 Å². The number of ether oxygens (including phenoxy) is 2. The molecule has 0 aliphatic rings. The highest BCUT2D eigenvalue weighted by atomic mass is 16.6. The van der Waals surface area contributed by atoms with Crippen molar-refractivity contribution in [1.29, 1.82) is 0 Å². The second kappa shape index (κ2) is 10.2. The molecule has 9 heteroatoms. The number of methoxy groups -OCH3 is 1. The zero-order chi connectivity index (χ0) is 25.8. The molecular weight excluding hydrogens is 474 g/mol. The van der Waals surface area contributed by atoms with Crippen molar-refractivity contribution in [3.05, 3.63) is 112 Å². The highest BCUT2D eigenvalue weighted by Crippen LogP contribution is 2.29. The van der Waals surface area contributed by atoms with Crippen LogP contribution in [-0.4, -0.2) is 24.2 Å². The van der Waals surface area contributed by atoms with E-state index in [9.17, 15) is 14.9 Å². The molecule has 0 aliphatic carbocycles. The maximum absolute atomic E-state index is 12.7. The van der Waals surface area contributed by atoms with Gasteiger partial charge < -0.3 is 13.9 Å². The number of furan rings is 1. The van der Waals surface area contributed by atoms with Crippen LogP contribution in [0.25, 0.3) is 21.7 Å². The molecule has 0 fully saturated rings. The lowest BCUT2D eigenvalue weighted by atomic mass is 10.0. The van der Waals surface area contributed by atoms with Gasteiger partial charge in [0.25, 0.3) is 5.69 Å². The number of hydrazone groups is 1. The standard InChI is InChI=1S/C28H21N3O6/c1-35-25-8-4-6-20-15-26(37-27(20)25)28(32)30-29-16-23-22-7-3-2-5-19(22)11-14-24(23)36-17-18-9-12-21(13-10-18)31(33)34/h2-16H,17H2,1H3,(H,30,32)/b29-16-. The molecule has 5 rings (SSSR count). The first-order valence-corrected chi connectivity index (χ1v) is 11.3. The Kier molecular flexibility index (Phi) is 6.50. The molecule has 0 saturated carbocycles. The first-order chi connectivity index (χ1) is 18.0. The minimum Gasteiger partial charge on any atom is -0.493 e. The van der Waals surface area contributed by atoms with E-state index in [4.69, 9.17) is 13.9 Å². The number of benzene rings is 4. The zero-order valence-corrected chi connectivity index (χ0v) is 19.7. The van der Waals surface area contributed by atoms with Crippen molar-refractivity contribution in [3.8, 4) is 11.5 Å². The Hall–Kier alpha value is -5.18. The number of nitrogens with zero attached hydrogens (tertiary/aromatic N) is 2. The number of hydrogen-bond acceptors (Lipinski definition) is 7. The lowest BCUT2D eigenvalue weighted by molar-refractivity contribution is -0.384. The molecule has 0 radical (unpaired) electrons. The van der Waals surface area contributed by atoms with Gasteiger partial charge in [0.05, 0.1) is 18.2 Å². The van der Waals surface area contributed by atoms with Crippen LogP contribution in [0.5, 0.6) is 11.5 Å². The molecule has 0 atom stereocenters. The Labute approximate surface area is 211 Å². The summed E-state index contributed by atoms with van der Waals surface area (Å²) < 4.78 is 17.0. The molecule has 9 nitrogen and oxygen atoms in total. The van der Waals surface area contributed by atoms with Crippen LogP contribution in [0.15, 0.2) is 94.4 Å². The maximum Gasteiger partial charge on any atom is 0.307 e. The summed E-state index contributed by atoms with van der Waals surface area (Å²) in [6.45, 7) is 0.199. The molecule has 0 saturated heterocycles. The molecular formula is C28H21N3O6. The summed E-state index contributed by atoms with van der Waals surface area (Å²) in [4.78, 5) is 23.1. The van der Waals surface area contributed by atoms with E-state index in [-0.39, 0.29) is 18.1 Å². The van der Waals surface area contributed by atoms with Gasteiger partial charge in [0.15, 0.2) is 17.1 Å². The average molecular weight is 495 g/mol. The number of fused-ring (bicyclic) bond motifs is 2. The maximum atomic E-state index is 12.7. The van der Waals surface area contributed by atoms with Gasteiger partial charge in [0.2, 0.25) is 0 Å². The molecule has 1 amide bonds. The van der Waals surface area contributed by atoms with Crippen LogP contribution in [0, 0.1) is 10.1 Å². The van der Waals surface area contributed by atoms with Crippen molar-refractivity contribution in [2.24, 2.45) is 5.10 Å². The largest absolute Gasteiger partial charge is 0.493 e. The van der Waals surface area contributed by atoms with Gasteiger partial charge in [-0.3, -0.25) is 14.9 Å². The molecule has 1 heterocycles. The summed E-state index contributed by atoms with van der Waals surface area (Å²) in [5, 5.41) is 17.6. The predicted octanol–water partition coefficient (Wildman–Crippen LogP) is 5.85. The number of non-ortho nitro benzene ring substituents is 1.